The smallest absolute Gasteiger partial charge is 0.272 e. The van der Waals surface area contributed by atoms with E-state index in [1.54, 1.807) is 18.5 Å². The molecule has 0 spiro atoms. The van der Waals surface area contributed by atoms with Gasteiger partial charge in [0.1, 0.15) is 0 Å². The molecule has 0 saturated heterocycles. The highest BCUT2D eigenvalue weighted by molar-refractivity contribution is 5.95. The zero-order valence-electron chi connectivity index (χ0n) is 13.5. The van der Waals surface area contributed by atoms with Gasteiger partial charge in [0.2, 0.25) is 5.88 Å². The van der Waals surface area contributed by atoms with Crippen LogP contribution in [0.1, 0.15) is 47.9 Å². The molecule has 2 aromatic heterocycles. The highest BCUT2D eigenvalue weighted by Gasteiger charge is 2.50. The fraction of sp³-hybridized carbons (Fsp3) is 0.500. The monoisotopic (exact) mass is 329 g/mol. The Morgan fingerprint density at radius 3 is 2.88 bits per heavy atom. The normalized spacial score (nSPS) is 21.3. The van der Waals surface area contributed by atoms with Crippen molar-refractivity contribution >= 4 is 5.91 Å². The number of aliphatic hydroxyl groups is 1. The van der Waals surface area contributed by atoms with Crippen LogP contribution >= 0.6 is 0 Å². The summed E-state index contributed by atoms with van der Waals surface area (Å²) in [4.78, 5) is 20.6. The number of aromatic nitrogens is 4. The van der Waals surface area contributed by atoms with E-state index < -0.39 is 5.54 Å². The molecule has 0 aliphatic heterocycles. The van der Waals surface area contributed by atoms with E-state index in [1.165, 1.54) is 12.4 Å². The number of carbonyl (C=O) groups is 1. The number of fused-ring (bicyclic) bond motifs is 3. The van der Waals surface area contributed by atoms with Crippen molar-refractivity contribution in [2.45, 2.75) is 38.1 Å². The van der Waals surface area contributed by atoms with Gasteiger partial charge in [-0.05, 0) is 32.6 Å². The van der Waals surface area contributed by atoms with Crippen molar-refractivity contribution in [1.29, 1.82) is 0 Å². The largest absolute Gasteiger partial charge is 0.492 e. The SMILES string of the molecule is CC(C)(CO)NC(=O)c1nn(-c2cnc(O)cn2)c2c1C[C@H]1C[C@@H]21. The lowest BCUT2D eigenvalue weighted by atomic mass is 10.1. The summed E-state index contributed by atoms with van der Waals surface area (Å²) in [6.07, 6.45) is 4.65. The predicted molar refractivity (Wildman–Crippen MR) is 84.0 cm³/mol. The number of nitrogens with one attached hydrogen (secondary N) is 1. The van der Waals surface area contributed by atoms with Crippen LogP contribution < -0.4 is 5.32 Å². The molecule has 24 heavy (non-hydrogen) atoms. The van der Waals surface area contributed by atoms with Crippen molar-refractivity contribution in [3.8, 4) is 11.7 Å². The van der Waals surface area contributed by atoms with Crippen molar-refractivity contribution in [1.82, 2.24) is 25.1 Å². The third-order valence-corrected chi connectivity index (χ3v) is 4.67. The van der Waals surface area contributed by atoms with Crippen LogP contribution in [0.4, 0.5) is 0 Å². The lowest BCUT2D eigenvalue weighted by Gasteiger charge is -2.23. The van der Waals surface area contributed by atoms with E-state index in [0.29, 0.717) is 23.3 Å². The average Bonchev–Trinajstić information content (AvgIpc) is 3.04. The summed E-state index contributed by atoms with van der Waals surface area (Å²) >= 11 is 0. The molecule has 2 heterocycles. The molecule has 8 nitrogen and oxygen atoms in total. The molecule has 2 aromatic rings. The first-order chi connectivity index (χ1) is 11.4. The molecule has 0 unspecified atom stereocenters. The summed E-state index contributed by atoms with van der Waals surface area (Å²) in [6.45, 7) is 3.35. The molecule has 8 heteroatoms. The molecular formula is C16H19N5O3. The number of hydrogen-bond donors (Lipinski definition) is 3. The van der Waals surface area contributed by atoms with Crippen LogP contribution in [-0.2, 0) is 6.42 Å². The minimum absolute atomic E-state index is 0.156. The fourth-order valence-electron chi connectivity index (χ4n) is 3.30. The number of hydrogen-bond acceptors (Lipinski definition) is 6. The van der Waals surface area contributed by atoms with Gasteiger partial charge in [0.25, 0.3) is 5.91 Å². The van der Waals surface area contributed by atoms with Gasteiger partial charge in [-0.25, -0.2) is 14.6 Å². The van der Waals surface area contributed by atoms with Gasteiger partial charge in [-0.3, -0.25) is 4.79 Å². The molecule has 4 rings (SSSR count). The molecule has 1 saturated carbocycles. The molecule has 1 amide bonds. The standard InChI is InChI=1S/C16H19N5O3/c1-16(2,7-22)19-15(24)13-10-4-8-3-9(8)14(10)21(20-13)11-5-18-12(23)6-17-11/h5-6,8-9,22H,3-4,7H2,1-2H3,(H,18,23)(H,19,24)/t8-,9-/m1/s1. The lowest BCUT2D eigenvalue weighted by Crippen LogP contribution is -2.46. The first kappa shape index (κ1) is 15.1. The van der Waals surface area contributed by atoms with Crippen LogP contribution in [0.3, 0.4) is 0 Å². The molecule has 1 fully saturated rings. The maximum Gasteiger partial charge on any atom is 0.272 e. The molecule has 126 valence electrons. The Labute approximate surface area is 138 Å². The Bertz CT molecular complexity index is 812. The van der Waals surface area contributed by atoms with Crippen LogP contribution in [-0.4, -0.2) is 48.0 Å². The highest BCUT2D eigenvalue weighted by atomic mass is 16.3. The van der Waals surface area contributed by atoms with Gasteiger partial charge in [0, 0.05) is 11.5 Å². The van der Waals surface area contributed by atoms with Crippen LogP contribution in [0.2, 0.25) is 0 Å². The summed E-state index contributed by atoms with van der Waals surface area (Å²) in [5, 5.41) is 26.0. The zero-order chi connectivity index (χ0) is 17.1. The number of carbonyl (C=O) groups excluding carboxylic acids is 1. The maximum atomic E-state index is 12.6. The van der Waals surface area contributed by atoms with Gasteiger partial charge in [-0.1, -0.05) is 0 Å². The van der Waals surface area contributed by atoms with Gasteiger partial charge in [0.05, 0.1) is 30.2 Å². The fourth-order valence-corrected chi connectivity index (χ4v) is 3.30. The molecule has 2 aliphatic carbocycles. The number of amides is 1. The number of aliphatic hydroxyl groups excluding tert-OH is 1. The van der Waals surface area contributed by atoms with Crippen LogP contribution in [0.15, 0.2) is 12.4 Å². The van der Waals surface area contributed by atoms with Gasteiger partial charge >= 0.3 is 0 Å². The molecule has 2 atom stereocenters. The van der Waals surface area contributed by atoms with E-state index in [2.05, 4.69) is 20.4 Å². The Morgan fingerprint density at radius 2 is 2.21 bits per heavy atom. The van der Waals surface area contributed by atoms with Crippen molar-refractivity contribution in [2.75, 3.05) is 6.61 Å². The summed E-state index contributed by atoms with van der Waals surface area (Å²) in [5.41, 5.74) is 1.64. The van der Waals surface area contributed by atoms with E-state index in [0.717, 1.165) is 24.1 Å². The van der Waals surface area contributed by atoms with Crippen LogP contribution in [0.5, 0.6) is 5.88 Å². The van der Waals surface area contributed by atoms with E-state index >= 15 is 0 Å². The van der Waals surface area contributed by atoms with Gasteiger partial charge < -0.3 is 15.5 Å². The second-order valence-electron chi connectivity index (χ2n) is 7.16. The van der Waals surface area contributed by atoms with E-state index in [1.807, 2.05) is 0 Å². The van der Waals surface area contributed by atoms with Gasteiger partial charge in [-0.15, -0.1) is 0 Å². The van der Waals surface area contributed by atoms with Crippen LogP contribution in [0, 0.1) is 5.92 Å². The van der Waals surface area contributed by atoms with E-state index in [9.17, 15) is 15.0 Å². The molecule has 2 aliphatic rings. The lowest BCUT2D eigenvalue weighted by molar-refractivity contribution is 0.0863. The first-order valence-corrected chi connectivity index (χ1v) is 7.96. The minimum Gasteiger partial charge on any atom is -0.492 e. The maximum absolute atomic E-state index is 12.6. The predicted octanol–water partition coefficient (Wildman–Crippen LogP) is 0.528. The first-order valence-electron chi connectivity index (χ1n) is 7.96. The Morgan fingerprint density at radius 1 is 1.42 bits per heavy atom. The van der Waals surface area contributed by atoms with Crippen molar-refractivity contribution in [2.24, 2.45) is 5.92 Å². The topological polar surface area (TPSA) is 113 Å². The second-order valence-corrected chi connectivity index (χ2v) is 7.16. The van der Waals surface area contributed by atoms with Gasteiger partial charge in [0.15, 0.2) is 11.5 Å². The van der Waals surface area contributed by atoms with Crippen molar-refractivity contribution in [3.05, 3.63) is 29.3 Å². The Kier molecular flexibility index (Phi) is 3.14. The third kappa shape index (κ3) is 2.34. The second kappa shape index (κ2) is 5.01. The summed E-state index contributed by atoms with van der Waals surface area (Å²) in [6, 6.07) is 0. The Hall–Kier alpha value is -2.48. The Balaban J connectivity index is 1.75. The minimum atomic E-state index is -0.715. The molecule has 0 radical (unpaired) electrons. The van der Waals surface area contributed by atoms with Crippen molar-refractivity contribution in [3.63, 3.8) is 0 Å². The number of nitrogens with zero attached hydrogens (tertiary/aromatic N) is 4. The molecule has 3 N–H and O–H groups in total. The number of aromatic hydroxyl groups is 1. The quantitative estimate of drug-likeness (QED) is 0.754. The van der Waals surface area contributed by atoms with Crippen molar-refractivity contribution < 1.29 is 15.0 Å². The summed E-state index contributed by atoms with van der Waals surface area (Å²) in [5.74, 6) is 1.02. The average molecular weight is 329 g/mol. The van der Waals surface area contributed by atoms with E-state index in [4.69, 9.17) is 0 Å². The number of rotatable bonds is 4. The highest BCUT2D eigenvalue weighted by Crippen LogP contribution is 2.57. The third-order valence-electron chi connectivity index (χ3n) is 4.67. The van der Waals surface area contributed by atoms with Crippen LogP contribution in [0.25, 0.3) is 5.82 Å². The molecule has 0 bridgehead atoms. The van der Waals surface area contributed by atoms with Gasteiger partial charge in [-0.2, -0.15) is 5.10 Å². The zero-order valence-corrected chi connectivity index (χ0v) is 13.5. The molecular weight excluding hydrogens is 310 g/mol. The summed E-state index contributed by atoms with van der Waals surface area (Å²) in [7, 11) is 0. The summed E-state index contributed by atoms with van der Waals surface area (Å²) < 4.78 is 1.67. The molecule has 0 aromatic carbocycles. The van der Waals surface area contributed by atoms with E-state index in [-0.39, 0.29) is 18.4 Å².